The average Bonchev–Trinajstić information content (AvgIpc) is 3.08. The molecular weight excluding hydrogens is 272 g/mol. The minimum Gasteiger partial charge on any atom is -0.461 e. The van der Waals surface area contributed by atoms with Crippen molar-refractivity contribution in [2.24, 2.45) is 0 Å². The molecule has 1 aliphatic carbocycles. The van der Waals surface area contributed by atoms with E-state index in [-0.39, 0.29) is 12.0 Å². The van der Waals surface area contributed by atoms with Crippen molar-refractivity contribution in [1.82, 2.24) is 4.98 Å². The Balaban J connectivity index is 1.72. The smallest absolute Gasteiger partial charge is 0.357 e. The molecule has 1 unspecified atom stereocenters. The van der Waals surface area contributed by atoms with E-state index in [9.17, 15) is 4.79 Å². The summed E-state index contributed by atoms with van der Waals surface area (Å²) < 4.78 is 4.94. The van der Waals surface area contributed by atoms with Crippen molar-refractivity contribution in [2.75, 3.05) is 11.9 Å². The van der Waals surface area contributed by atoms with Crippen LogP contribution in [0.1, 0.15) is 41.0 Å². The number of ether oxygens (including phenoxy) is 1. The Morgan fingerprint density at radius 2 is 2.35 bits per heavy atom. The molecule has 0 amide bonds. The highest BCUT2D eigenvalue weighted by Crippen LogP contribution is 2.34. The van der Waals surface area contributed by atoms with Gasteiger partial charge in [-0.05, 0) is 30.9 Å². The number of fused-ring (bicyclic) bond motifs is 1. The predicted molar refractivity (Wildman–Crippen MR) is 79.2 cm³/mol. The van der Waals surface area contributed by atoms with Crippen LogP contribution in [0.25, 0.3) is 0 Å². The number of nitrogens with zero attached hydrogens (tertiary/aromatic N) is 1. The zero-order chi connectivity index (χ0) is 13.9. The number of aryl methyl sites for hydroxylation is 1. The fourth-order valence-electron chi connectivity index (χ4n) is 2.49. The van der Waals surface area contributed by atoms with Crippen LogP contribution in [-0.4, -0.2) is 17.6 Å². The molecule has 0 radical (unpaired) electrons. The normalized spacial score (nSPS) is 16.8. The summed E-state index contributed by atoms with van der Waals surface area (Å²) in [5, 5.41) is 5.92. The van der Waals surface area contributed by atoms with Gasteiger partial charge in [-0.1, -0.05) is 24.3 Å². The molecule has 1 heterocycles. The van der Waals surface area contributed by atoms with Gasteiger partial charge in [0.1, 0.15) is 0 Å². The molecule has 2 aromatic rings. The first-order valence-corrected chi connectivity index (χ1v) is 7.63. The van der Waals surface area contributed by atoms with Gasteiger partial charge >= 0.3 is 5.97 Å². The van der Waals surface area contributed by atoms with E-state index in [1.54, 1.807) is 12.3 Å². The fraction of sp³-hybridized carbons (Fsp3) is 0.333. The summed E-state index contributed by atoms with van der Waals surface area (Å²) in [6.45, 7) is 2.16. The van der Waals surface area contributed by atoms with Gasteiger partial charge in [0, 0.05) is 5.38 Å². The predicted octanol–water partition coefficient (Wildman–Crippen LogP) is 3.42. The van der Waals surface area contributed by atoms with Crippen LogP contribution in [0.5, 0.6) is 0 Å². The van der Waals surface area contributed by atoms with Crippen molar-refractivity contribution in [1.29, 1.82) is 0 Å². The van der Waals surface area contributed by atoms with E-state index in [0.29, 0.717) is 12.3 Å². The Labute approximate surface area is 121 Å². The Hall–Kier alpha value is -1.88. The number of benzene rings is 1. The van der Waals surface area contributed by atoms with Gasteiger partial charge in [-0.25, -0.2) is 9.78 Å². The van der Waals surface area contributed by atoms with E-state index >= 15 is 0 Å². The first kappa shape index (κ1) is 13.1. The van der Waals surface area contributed by atoms with Crippen LogP contribution in [0.15, 0.2) is 29.6 Å². The van der Waals surface area contributed by atoms with Gasteiger partial charge in [-0.2, -0.15) is 0 Å². The van der Waals surface area contributed by atoms with Gasteiger partial charge in [-0.15, -0.1) is 11.3 Å². The monoisotopic (exact) mass is 288 g/mol. The van der Waals surface area contributed by atoms with Crippen LogP contribution >= 0.6 is 11.3 Å². The molecule has 1 N–H and O–H groups in total. The summed E-state index contributed by atoms with van der Waals surface area (Å²) in [6, 6.07) is 8.74. The summed E-state index contributed by atoms with van der Waals surface area (Å²) in [6.07, 6.45) is 2.15. The van der Waals surface area contributed by atoms with E-state index in [2.05, 4.69) is 34.6 Å². The van der Waals surface area contributed by atoms with Crippen molar-refractivity contribution in [3.8, 4) is 0 Å². The number of anilines is 1. The maximum atomic E-state index is 11.6. The second kappa shape index (κ2) is 5.63. The molecule has 0 aliphatic heterocycles. The molecule has 0 fully saturated rings. The highest BCUT2D eigenvalue weighted by atomic mass is 32.1. The Kier molecular flexibility index (Phi) is 3.69. The third-order valence-electron chi connectivity index (χ3n) is 3.42. The van der Waals surface area contributed by atoms with E-state index in [1.165, 1.54) is 22.5 Å². The van der Waals surface area contributed by atoms with Crippen LogP contribution in [0.4, 0.5) is 5.13 Å². The van der Waals surface area contributed by atoms with Gasteiger partial charge in [0.15, 0.2) is 10.8 Å². The molecule has 0 saturated heterocycles. The Morgan fingerprint density at radius 1 is 1.50 bits per heavy atom. The lowest BCUT2D eigenvalue weighted by atomic mass is 10.1. The van der Waals surface area contributed by atoms with Crippen molar-refractivity contribution < 1.29 is 9.53 Å². The lowest BCUT2D eigenvalue weighted by Gasteiger charge is -2.12. The van der Waals surface area contributed by atoms with Gasteiger partial charge in [0.25, 0.3) is 0 Å². The zero-order valence-corrected chi connectivity index (χ0v) is 12.1. The summed E-state index contributed by atoms with van der Waals surface area (Å²) in [5.41, 5.74) is 3.11. The molecule has 5 heteroatoms. The van der Waals surface area contributed by atoms with E-state index in [0.717, 1.165) is 18.0 Å². The minimum absolute atomic E-state index is 0.285. The fourth-order valence-corrected chi connectivity index (χ4v) is 3.23. The molecule has 3 rings (SSSR count). The summed E-state index contributed by atoms with van der Waals surface area (Å²) in [4.78, 5) is 15.9. The number of hydrogen-bond acceptors (Lipinski definition) is 5. The second-order valence-corrected chi connectivity index (χ2v) is 5.55. The number of rotatable bonds is 4. The topological polar surface area (TPSA) is 51.2 Å². The summed E-state index contributed by atoms with van der Waals surface area (Å²) in [5.74, 6) is -0.358. The van der Waals surface area contributed by atoms with E-state index < -0.39 is 0 Å². The first-order valence-electron chi connectivity index (χ1n) is 6.75. The standard InChI is InChI=1S/C15H16N2O2S/c1-2-19-14(18)13-9-20-15(17-13)16-12-8-7-10-5-3-4-6-11(10)12/h3-6,9,12H,2,7-8H2,1H3,(H,16,17). The second-order valence-electron chi connectivity index (χ2n) is 4.69. The highest BCUT2D eigenvalue weighted by Gasteiger charge is 2.23. The molecule has 1 aliphatic rings. The zero-order valence-electron chi connectivity index (χ0n) is 11.3. The first-order chi connectivity index (χ1) is 9.78. The maximum absolute atomic E-state index is 11.6. The van der Waals surface area contributed by atoms with Gasteiger partial charge in [0.2, 0.25) is 0 Å². The molecule has 104 valence electrons. The third-order valence-corrected chi connectivity index (χ3v) is 4.19. The van der Waals surface area contributed by atoms with Crippen LogP contribution in [0.3, 0.4) is 0 Å². The molecule has 1 atom stereocenters. The maximum Gasteiger partial charge on any atom is 0.357 e. The van der Waals surface area contributed by atoms with Crippen molar-refractivity contribution in [2.45, 2.75) is 25.8 Å². The third kappa shape index (κ3) is 2.54. The number of thiazole rings is 1. The summed E-state index contributed by atoms with van der Waals surface area (Å²) in [7, 11) is 0. The molecule has 0 spiro atoms. The molecule has 1 aromatic carbocycles. The van der Waals surface area contributed by atoms with E-state index in [1.807, 2.05) is 0 Å². The number of aromatic nitrogens is 1. The van der Waals surface area contributed by atoms with Gasteiger partial charge < -0.3 is 10.1 Å². The molecule has 20 heavy (non-hydrogen) atoms. The van der Waals surface area contributed by atoms with Crippen LogP contribution in [-0.2, 0) is 11.2 Å². The minimum atomic E-state index is -0.358. The van der Waals surface area contributed by atoms with E-state index in [4.69, 9.17) is 4.74 Å². The van der Waals surface area contributed by atoms with Crippen LogP contribution in [0.2, 0.25) is 0 Å². The molecule has 0 bridgehead atoms. The van der Waals surface area contributed by atoms with Gasteiger partial charge in [-0.3, -0.25) is 0 Å². The Bertz CT molecular complexity index is 624. The van der Waals surface area contributed by atoms with Crippen LogP contribution < -0.4 is 5.32 Å². The molecule has 0 saturated carbocycles. The molecule has 4 nitrogen and oxygen atoms in total. The number of nitrogens with one attached hydrogen (secondary N) is 1. The summed E-state index contributed by atoms with van der Waals surface area (Å²) >= 11 is 1.44. The largest absolute Gasteiger partial charge is 0.461 e. The quantitative estimate of drug-likeness (QED) is 0.876. The molecule has 1 aromatic heterocycles. The van der Waals surface area contributed by atoms with Gasteiger partial charge in [0.05, 0.1) is 12.6 Å². The molecular formula is C15H16N2O2S. The SMILES string of the molecule is CCOC(=O)c1csc(NC2CCc3ccccc32)n1. The average molecular weight is 288 g/mol. The number of carbonyl (C=O) groups is 1. The Morgan fingerprint density at radius 3 is 3.20 bits per heavy atom. The number of hydrogen-bond donors (Lipinski definition) is 1. The number of carbonyl (C=O) groups excluding carboxylic acids is 1. The number of esters is 1. The van der Waals surface area contributed by atoms with Crippen molar-refractivity contribution in [3.05, 3.63) is 46.5 Å². The van der Waals surface area contributed by atoms with Crippen molar-refractivity contribution >= 4 is 22.4 Å². The lowest BCUT2D eigenvalue weighted by molar-refractivity contribution is 0.0520. The lowest BCUT2D eigenvalue weighted by Crippen LogP contribution is -2.08. The van der Waals surface area contributed by atoms with Crippen molar-refractivity contribution in [3.63, 3.8) is 0 Å². The van der Waals surface area contributed by atoms with Crippen LogP contribution in [0, 0.1) is 0 Å². The highest BCUT2D eigenvalue weighted by molar-refractivity contribution is 7.13.